The van der Waals surface area contributed by atoms with Crippen LogP contribution in [0.25, 0.3) is 0 Å². The molecule has 4 nitrogen and oxygen atoms in total. The average molecular weight is 391 g/mol. The molecule has 0 bridgehead atoms. The van der Waals surface area contributed by atoms with E-state index in [1.807, 2.05) is 12.1 Å². The van der Waals surface area contributed by atoms with Gasteiger partial charge in [-0.2, -0.15) is 0 Å². The maximum Gasteiger partial charge on any atom is 0.165 e. The van der Waals surface area contributed by atoms with Gasteiger partial charge in [-0.25, -0.2) is 0 Å². The summed E-state index contributed by atoms with van der Waals surface area (Å²) in [5, 5.41) is 0. The highest BCUT2D eigenvalue weighted by Crippen LogP contribution is 2.37. The van der Waals surface area contributed by atoms with Crippen molar-refractivity contribution in [2.45, 2.75) is 38.9 Å². The quantitative estimate of drug-likeness (QED) is 0.588. The topological polar surface area (TPSA) is 26.6 Å². The van der Waals surface area contributed by atoms with Gasteiger partial charge in [-0.1, -0.05) is 43.3 Å². The van der Waals surface area contributed by atoms with E-state index < -0.39 is 0 Å². The summed E-state index contributed by atoms with van der Waals surface area (Å²) in [6, 6.07) is 19.9. The molecule has 0 unspecified atom stereocenters. The van der Waals surface area contributed by atoms with Crippen LogP contribution in [0.4, 0.5) is 0 Å². The van der Waals surface area contributed by atoms with Gasteiger partial charge in [-0.05, 0) is 42.2 Å². The number of benzene rings is 2. The molecule has 0 fully saturated rings. The molecule has 29 heavy (non-hydrogen) atoms. The Bertz CT molecular complexity index is 946. The van der Waals surface area contributed by atoms with Crippen LogP contribution < -0.4 is 9.47 Å². The third kappa shape index (κ3) is 3.90. The Morgan fingerprint density at radius 3 is 2.48 bits per heavy atom. The second-order valence-electron chi connectivity index (χ2n) is 7.60. The van der Waals surface area contributed by atoms with Crippen molar-refractivity contribution in [1.82, 2.24) is 9.47 Å². The second-order valence-corrected chi connectivity index (χ2v) is 7.60. The number of aromatic nitrogens is 1. The molecule has 3 aromatic rings. The van der Waals surface area contributed by atoms with E-state index in [-0.39, 0.29) is 6.04 Å². The molecule has 1 aromatic heterocycles. The van der Waals surface area contributed by atoms with Gasteiger partial charge in [0, 0.05) is 37.1 Å². The van der Waals surface area contributed by atoms with Crippen molar-refractivity contribution in [3.8, 4) is 11.5 Å². The van der Waals surface area contributed by atoms with Crippen LogP contribution in [-0.4, -0.2) is 30.2 Å². The molecular formula is C25H30N2O2. The number of methoxy groups -OCH3 is 2. The van der Waals surface area contributed by atoms with Crippen LogP contribution >= 0.6 is 0 Å². The van der Waals surface area contributed by atoms with Crippen LogP contribution in [0.5, 0.6) is 11.5 Å². The molecule has 0 amide bonds. The maximum absolute atomic E-state index is 5.71. The minimum absolute atomic E-state index is 0.217. The van der Waals surface area contributed by atoms with E-state index in [4.69, 9.17) is 9.47 Å². The third-order valence-corrected chi connectivity index (χ3v) is 5.92. The summed E-state index contributed by atoms with van der Waals surface area (Å²) in [4.78, 5) is 2.57. The highest BCUT2D eigenvalue weighted by atomic mass is 16.5. The summed E-state index contributed by atoms with van der Waals surface area (Å²) >= 11 is 0. The van der Waals surface area contributed by atoms with E-state index in [9.17, 15) is 0 Å². The zero-order chi connectivity index (χ0) is 20.2. The van der Waals surface area contributed by atoms with Gasteiger partial charge in [-0.3, -0.25) is 4.90 Å². The van der Waals surface area contributed by atoms with Crippen molar-refractivity contribution < 1.29 is 9.47 Å². The monoisotopic (exact) mass is 390 g/mol. The van der Waals surface area contributed by atoms with Gasteiger partial charge in [0.1, 0.15) is 0 Å². The van der Waals surface area contributed by atoms with Gasteiger partial charge in [0.2, 0.25) is 0 Å². The van der Waals surface area contributed by atoms with Gasteiger partial charge in [0.05, 0.1) is 20.3 Å². The Morgan fingerprint density at radius 1 is 0.931 bits per heavy atom. The predicted octanol–water partition coefficient (Wildman–Crippen LogP) is 5.06. The zero-order valence-corrected chi connectivity index (χ0v) is 17.6. The molecule has 0 spiro atoms. The average Bonchev–Trinajstić information content (AvgIpc) is 3.15. The summed E-state index contributed by atoms with van der Waals surface area (Å²) in [6.45, 7) is 5.10. The van der Waals surface area contributed by atoms with Crippen molar-refractivity contribution in [3.05, 3.63) is 83.2 Å². The van der Waals surface area contributed by atoms with E-state index in [0.29, 0.717) is 0 Å². The Labute approximate surface area is 173 Å². The lowest BCUT2D eigenvalue weighted by Gasteiger charge is -2.31. The summed E-state index contributed by atoms with van der Waals surface area (Å²) in [6.07, 6.45) is 4.39. The Balaban J connectivity index is 1.74. The number of hydrogen-bond donors (Lipinski definition) is 0. The van der Waals surface area contributed by atoms with Gasteiger partial charge in [0.25, 0.3) is 0 Å². The number of ether oxygens (including phenoxy) is 2. The van der Waals surface area contributed by atoms with Gasteiger partial charge < -0.3 is 14.0 Å². The van der Waals surface area contributed by atoms with Crippen molar-refractivity contribution >= 4 is 0 Å². The number of fused-ring (bicyclic) bond motifs is 1. The maximum atomic E-state index is 5.71. The van der Waals surface area contributed by atoms with Crippen molar-refractivity contribution in [2.75, 3.05) is 20.8 Å². The zero-order valence-electron chi connectivity index (χ0n) is 17.6. The Hall–Kier alpha value is -2.72. The predicted molar refractivity (Wildman–Crippen MR) is 117 cm³/mol. The van der Waals surface area contributed by atoms with Crippen LogP contribution in [0, 0.1) is 0 Å². The first-order valence-corrected chi connectivity index (χ1v) is 10.4. The van der Waals surface area contributed by atoms with Crippen molar-refractivity contribution in [2.24, 2.45) is 0 Å². The molecule has 4 heteroatoms. The van der Waals surface area contributed by atoms with Crippen LogP contribution in [-0.2, 0) is 19.5 Å². The minimum Gasteiger partial charge on any atom is -0.493 e. The molecule has 1 aliphatic rings. The van der Waals surface area contributed by atoms with E-state index in [2.05, 4.69) is 65.1 Å². The van der Waals surface area contributed by atoms with Gasteiger partial charge in [0.15, 0.2) is 11.5 Å². The lowest BCUT2D eigenvalue weighted by atomic mass is 9.99. The molecule has 0 aliphatic carbocycles. The highest BCUT2D eigenvalue weighted by molar-refractivity contribution is 5.46. The summed E-state index contributed by atoms with van der Waals surface area (Å²) in [5.41, 5.74) is 5.22. The molecular weight excluding hydrogens is 360 g/mol. The van der Waals surface area contributed by atoms with Gasteiger partial charge in [-0.15, -0.1) is 0 Å². The number of hydrogen-bond acceptors (Lipinski definition) is 3. The lowest BCUT2D eigenvalue weighted by molar-refractivity contribution is 0.216. The van der Waals surface area contributed by atoms with Crippen LogP contribution in [0.2, 0.25) is 0 Å². The molecule has 2 heterocycles. The fraction of sp³-hybridized carbons (Fsp3) is 0.360. The fourth-order valence-corrected chi connectivity index (χ4v) is 4.42. The normalized spacial score (nSPS) is 16.9. The van der Waals surface area contributed by atoms with Crippen LogP contribution in [0.1, 0.15) is 41.8 Å². The first-order chi connectivity index (χ1) is 14.2. The molecule has 152 valence electrons. The SMILES string of the molecule is CCc1ccc([C@H]2c3cccn3CCCN2Cc2cccc(OC)c2OC)cc1. The molecule has 0 saturated carbocycles. The van der Waals surface area contributed by atoms with E-state index in [1.54, 1.807) is 14.2 Å². The number of aryl methyl sites for hydroxylation is 2. The molecule has 0 radical (unpaired) electrons. The van der Waals surface area contributed by atoms with E-state index >= 15 is 0 Å². The minimum atomic E-state index is 0.217. The van der Waals surface area contributed by atoms with E-state index in [1.165, 1.54) is 16.8 Å². The summed E-state index contributed by atoms with van der Waals surface area (Å²) in [5.74, 6) is 1.61. The van der Waals surface area contributed by atoms with E-state index in [0.717, 1.165) is 49.5 Å². The first-order valence-electron chi connectivity index (χ1n) is 10.4. The van der Waals surface area contributed by atoms with Crippen LogP contribution in [0.3, 0.4) is 0 Å². The number of nitrogens with zero attached hydrogens (tertiary/aromatic N) is 2. The lowest BCUT2D eigenvalue weighted by Crippen LogP contribution is -2.29. The molecule has 4 rings (SSSR count). The molecule has 2 aromatic carbocycles. The summed E-state index contributed by atoms with van der Waals surface area (Å²) < 4.78 is 13.6. The second kappa shape index (κ2) is 8.75. The van der Waals surface area contributed by atoms with Crippen molar-refractivity contribution in [1.29, 1.82) is 0 Å². The van der Waals surface area contributed by atoms with Crippen LogP contribution in [0.15, 0.2) is 60.8 Å². The standard InChI is InChI=1S/C25H30N2O2/c1-4-19-11-13-20(14-12-19)24-22-9-6-15-26(22)16-7-17-27(24)18-21-8-5-10-23(28-2)25(21)29-3/h5-6,8-15,24H,4,7,16-18H2,1-3H3/t24-/m0/s1. The molecule has 0 saturated heterocycles. The highest BCUT2D eigenvalue weighted by Gasteiger charge is 2.28. The summed E-state index contributed by atoms with van der Waals surface area (Å²) in [7, 11) is 3.41. The fourth-order valence-electron chi connectivity index (χ4n) is 4.42. The Morgan fingerprint density at radius 2 is 1.76 bits per heavy atom. The largest absolute Gasteiger partial charge is 0.493 e. The first kappa shape index (κ1) is 19.6. The molecule has 1 atom stereocenters. The van der Waals surface area contributed by atoms with Gasteiger partial charge >= 0.3 is 0 Å². The number of para-hydroxylation sites is 1. The smallest absolute Gasteiger partial charge is 0.165 e. The Kier molecular flexibility index (Phi) is 5.91. The van der Waals surface area contributed by atoms with Crippen molar-refractivity contribution in [3.63, 3.8) is 0 Å². The molecule has 1 aliphatic heterocycles. The number of rotatable bonds is 6. The third-order valence-electron chi connectivity index (χ3n) is 5.92. The molecule has 0 N–H and O–H groups in total.